The Morgan fingerprint density at radius 2 is 1.95 bits per heavy atom. The lowest BCUT2D eigenvalue weighted by molar-refractivity contribution is -0.141. The molecule has 0 saturated heterocycles. The van der Waals surface area contributed by atoms with Gasteiger partial charge in [-0.3, -0.25) is 9.59 Å². The molecule has 1 N–H and O–H groups in total. The number of carbonyl (C=O) groups is 2. The van der Waals surface area contributed by atoms with E-state index in [1.807, 2.05) is 0 Å². The van der Waals surface area contributed by atoms with E-state index in [2.05, 4.69) is 6.07 Å². The van der Waals surface area contributed by atoms with Crippen LogP contribution in [0.5, 0.6) is 0 Å². The molecule has 0 aromatic heterocycles. The van der Waals surface area contributed by atoms with E-state index in [1.54, 1.807) is 31.3 Å². The number of rotatable bonds is 3. The molecule has 1 amide bonds. The monoisotopic (exact) mass is 272 g/mol. The van der Waals surface area contributed by atoms with Gasteiger partial charge in [0.2, 0.25) is 5.91 Å². The van der Waals surface area contributed by atoms with E-state index in [0.717, 1.165) is 0 Å². The Balaban J connectivity index is 2.14. The van der Waals surface area contributed by atoms with Gasteiger partial charge in [-0.25, -0.2) is 0 Å². The average Bonchev–Trinajstić information content (AvgIpc) is 2.95. The van der Waals surface area contributed by atoms with Crippen molar-refractivity contribution in [1.82, 2.24) is 0 Å². The molecule has 2 atom stereocenters. The molecule has 1 fully saturated rings. The lowest BCUT2D eigenvalue weighted by Gasteiger charge is -2.22. The van der Waals surface area contributed by atoms with Crippen LogP contribution in [0.3, 0.4) is 0 Å². The molecule has 1 saturated carbocycles. The van der Waals surface area contributed by atoms with Gasteiger partial charge in [0.15, 0.2) is 0 Å². The van der Waals surface area contributed by atoms with Gasteiger partial charge in [-0.15, -0.1) is 0 Å². The van der Waals surface area contributed by atoms with Gasteiger partial charge in [-0.1, -0.05) is 12.1 Å². The lowest BCUT2D eigenvalue weighted by atomic mass is 10.0. The second kappa shape index (κ2) is 5.74. The van der Waals surface area contributed by atoms with Crippen LogP contribution in [0.15, 0.2) is 24.3 Å². The molecule has 0 heterocycles. The predicted molar refractivity (Wildman–Crippen MR) is 73.0 cm³/mol. The molecule has 1 aromatic carbocycles. The summed E-state index contributed by atoms with van der Waals surface area (Å²) in [5.41, 5.74) is 1.01. The highest BCUT2D eigenvalue weighted by Gasteiger charge is 2.35. The maximum absolute atomic E-state index is 12.4. The maximum Gasteiger partial charge on any atom is 0.306 e. The molecule has 1 aliphatic carbocycles. The number of hydrogen-bond acceptors (Lipinski definition) is 3. The van der Waals surface area contributed by atoms with Crippen LogP contribution in [0.1, 0.15) is 24.8 Å². The molecule has 1 aromatic rings. The summed E-state index contributed by atoms with van der Waals surface area (Å²) in [7, 11) is 1.63. The molecule has 0 spiro atoms. The fourth-order valence-electron chi connectivity index (χ4n) is 2.68. The standard InChI is InChI=1S/C15H16N2O3/c1-17(13-5-3-2-4-12(13)9-16)14(18)10-6-7-11(8-10)15(19)20/h2-5,10-11H,6-8H2,1H3,(H,19,20). The van der Waals surface area contributed by atoms with Crippen LogP contribution in [-0.4, -0.2) is 24.0 Å². The first-order chi connectivity index (χ1) is 9.54. The fourth-order valence-corrected chi connectivity index (χ4v) is 2.68. The van der Waals surface area contributed by atoms with Gasteiger partial charge in [0.25, 0.3) is 0 Å². The highest BCUT2D eigenvalue weighted by Crippen LogP contribution is 2.33. The summed E-state index contributed by atoms with van der Waals surface area (Å²) in [6.45, 7) is 0. The number of nitriles is 1. The lowest BCUT2D eigenvalue weighted by Crippen LogP contribution is -2.32. The summed E-state index contributed by atoms with van der Waals surface area (Å²) in [4.78, 5) is 24.8. The predicted octanol–water partition coefficient (Wildman–Crippen LogP) is 2.02. The molecule has 0 radical (unpaired) electrons. The smallest absolute Gasteiger partial charge is 0.306 e. The summed E-state index contributed by atoms with van der Waals surface area (Å²) in [6, 6.07) is 8.96. The number of carbonyl (C=O) groups excluding carboxylic acids is 1. The van der Waals surface area contributed by atoms with E-state index in [0.29, 0.717) is 30.5 Å². The zero-order valence-electron chi connectivity index (χ0n) is 11.2. The maximum atomic E-state index is 12.4. The number of benzene rings is 1. The normalized spacial score (nSPS) is 21.2. The number of carboxylic acid groups (broad SMARTS) is 1. The summed E-state index contributed by atoms with van der Waals surface area (Å²) < 4.78 is 0. The second-order valence-electron chi connectivity index (χ2n) is 5.07. The van der Waals surface area contributed by atoms with Crippen molar-refractivity contribution < 1.29 is 14.7 Å². The Hall–Kier alpha value is -2.35. The molecule has 1 aliphatic rings. The van der Waals surface area contributed by atoms with E-state index >= 15 is 0 Å². The zero-order chi connectivity index (χ0) is 14.7. The molecule has 2 rings (SSSR count). The van der Waals surface area contributed by atoms with Crippen molar-refractivity contribution in [2.24, 2.45) is 11.8 Å². The largest absolute Gasteiger partial charge is 0.481 e. The highest BCUT2D eigenvalue weighted by molar-refractivity contribution is 5.96. The third kappa shape index (κ3) is 2.64. The molecule has 5 nitrogen and oxygen atoms in total. The van der Waals surface area contributed by atoms with E-state index < -0.39 is 11.9 Å². The minimum absolute atomic E-state index is 0.114. The number of carboxylic acids is 1. The number of anilines is 1. The molecular formula is C15H16N2O3. The van der Waals surface area contributed by atoms with Gasteiger partial charge in [0, 0.05) is 13.0 Å². The van der Waals surface area contributed by atoms with E-state index in [4.69, 9.17) is 10.4 Å². The molecule has 20 heavy (non-hydrogen) atoms. The van der Waals surface area contributed by atoms with E-state index in [-0.39, 0.29) is 11.8 Å². The molecule has 5 heteroatoms. The number of amides is 1. The van der Waals surface area contributed by atoms with Crippen LogP contribution >= 0.6 is 0 Å². The van der Waals surface area contributed by atoms with Crippen LogP contribution < -0.4 is 4.90 Å². The van der Waals surface area contributed by atoms with Gasteiger partial charge in [0.05, 0.1) is 17.2 Å². The highest BCUT2D eigenvalue weighted by atomic mass is 16.4. The van der Waals surface area contributed by atoms with Crippen molar-refractivity contribution >= 4 is 17.6 Å². The Kier molecular flexibility index (Phi) is 4.04. The van der Waals surface area contributed by atoms with Gasteiger partial charge >= 0.3 is 5.97 Å². The van der Waals surface area contributed by atoms with Gasteiger partial charge in [0.1, 0.15) is 6.07 Å². The molecule has 0 bridgehead atoms. The summed E-state index contributed by atoms with van der Waals surface area (Å²) in [6.07, 6.45) is 1.52. The number of aliphatic carboxylic acids is 1. The first-order valence-electron chi connectivity index (χ1n) is 6.54. The van der Waals surface area contributed by atoms with Crippen molar-refractivity contribution in [3.8, 4) is 6.07 Å². The Morgan fingerprint density at radius 1 is 1.30 bits per heavy atom. The van der Waals surface area contributed by atoms with Crippen LogP contribution in [0.25, 0.3) is 0 Å². The quantitative estimate of drug-likeness (QED) is 0.912. The molecule has 104 valence electrons. The third-order valence-electron chi connectivity index (χ3n) is 3.85. The van der Waals surface area contributed by atoms with Gasteiger partial charge in [-0.2, -0.15) is 5.26 Å². The van der Waals surface area contributed by atoms with Gasteiger partial charge in [-0.05, 0) is 31.4 Å². The fraction of sp³-hybridized carbons (Fsp3) is 0.400. The number of hydrogen-bond donors (Lipinski definition) is 1. The van der Waals surface area contributed by atoms with Gasteiger partial charge < -0.3 is 10.0 Å². The topological polar surface area (TPSA) is 81.4 Å². The Bertz CT molecular complexity index is 577. The van der Waals surface area contributed by atoms with E-state index in [1.165, 1.54) is 4.90 Å². The number of nitrogens with zero attached hydrogens (tertiary/aromatic N) is 2. The Labute approximate surface area is 117 Å². The summed E-state index contributed by atoms with van der Waals surface area (Å²) in [5, 5.41) is 18.0. The first kappa shape index (κ1) is 14.1. The SMILES string of the molecule is CN(C(=O)C1CCC(C(=O)O)C1)c1ccccc1C#N. The van der Waals surface area contributed by atoms with Crippen LogP contribution in [-0.2, 0) is 9.59 Å². The van der Waals surface area contributed by atoms with Crippen molar-refractivity contribution in [3.63, 3.8) is 0 Å². The average molecular weight is 272 g/mol. The Morgan fingerprint density at radius 3 is 2.55 bits per heavy atom. The minimum Gasteiger partial charge on any atom is -0.481 e. The van der Waals surface area contributed by atoms with Crippen molar-refractivity contribution in [2.45, 2.75) is 19.3 Å². The summed E-state index contributed by atoms with van der Waals surface area (Å²) >= 11 is 0. The van der Waals surface area contributed by atoms with Crippen LogP contribution in [0.2, 0.25) is 0 Å². The first-order valence-corrected chi connectivity index (χ1v) is 6.54. The van der Waals surface area contributed by atoms with Crippen molar-refractivity contribution in [1.29, 1.82) is 5.26 Å². The molecule has 0 aliphatic heterocycles. The van der Waals surface area contributed by atoms with Crippen LogP contribution in [0.4, 0.5) is 5.69 Å². The molecule has 2 unspecified atom stereocenters. The minimum atomic E-state index is -0.833. The van der Waals surface area contributed by atoms with Crippen molar-refractivity contribution in [2.75, 3.05) is 11.9 Å². The van der Waals surface area contributed by atoms with E-state index in [9.17, 15) is 9.59 Å². The third-order valence-corrected chi connectivity index (χ3v) is 3.85. The van der Waals surface area contributed by atoms with Crippen molar-refractivity contribution in [3.05, 3.63) is 29.8 Å². The zero-order valence-corrected chi connectivity index (χ0v) is 11.2. The molecular weight excluding hydrogens is 256 g/mol. The number of para-hydroxylation sites is 1. The second-order valence-corrected chi connectivity index (χ2v) is 5.07. The van der Waals surface area contributed by atoms with Crippen LogP contribution in [0, 0.1) is 23.2 Å². The summed E-state index contributed by atoms with van der Waals surface area (Å²) in [5.74, 6) is -1.65.